The molecule has 4 saturated carbocycles. The van der Waals surface area contributed by atoms with Crippen molar-refractivity contribution >= 4 is 5.78 Å². The smallest absolute Gasteiger partial charge is 0.133 e. The number of hydrogen-bond donors (Lipinski definition) is 1. The lowest BCUT2D eigenvalue weighted by atomic mass is 9.43. The Labute approximate surface area is 195 Å². The van der Waals surface area contributed by atoms with Crippen LogP contribution in [0, 0.1) is 40.4 Å². The number of aliphatic hydroxyl groups is 1. The first kappa shape index (κ1) is 22.6. The number of aryl methyl sites for hydroxylation is 1. The van der Waals surface area contributed by atoms with Gasteiger partial charge in [0.2, 0.25) is 0 Å². The van der Waals surface area contributed by atoms with Gasteiger partial charge in [0.1, 0.15) is 5.78 Å². The average Bonchev–Trinajstić information content (AvgIpc) is 3.13. The van der Waals surface area contributed by atoms with Crippen LogP contribution in [0.25, 0.3) is 0 Å². The van der Waals surface area contributed by atoms with Gasteiger partial charge in [-0.2, -0.15) is 0 Å². The molecule has 5 rings (SSSR count). The van der Waals surface area contributed by atoms with Crippen molar-refractivity contribution in [2.45, 2.75) is 103 Å². The Morgan fingerprint density at radius 3 is 2.44 bits per heavy atom. The van der Waals surface area contributed by atoms with Crippen molar-refractivity contribution < 1.29 is 9.90 Å². The molecule has 176 valence electrons. The van der Waals surface area contributed by atoms with Crippen LogP contribution in [-0.2, 0) is 11.2 Å². The Morgan fingerprint density at radius 2 is 1.69 bits per heavy atom. The third-order valence-electron chi connectivity index (χ3n) is 11.3. The standard InChI is InChI=1S/C30H44O2/c1-21(31)25-13-14-26-24-12-11-23-20-30(32,16-7-10-22-8-5-4-6-9-22)19-18-28(23,2)27(24)15-17-29(25,26)3/h4-6,8-9,23-27,32H,7,10-20H2,1-3H3/t23-,24+,25-,26+,27+,28+,29-,30-/m1/s1. The van der Waals surface area contributed by atoms with Crippen molar-refractivity contribution in [1.82, 2.24) is 0 Å². The van der Waals surface area contributed by atoms with Crippen LogP contribution in [0.5, 0.6) is 0 Å². The number of fused-ring (bicyclic) bond motifs is 5. The van der Waals surface area contributed by atoms with E-state index in [1.807, 2.05) is 6.92 Å². The van der Waals surface area contributed by atoms with Gasteiger partial charge in [0.05, 0.1) is 5.60 Å². The average molecular weight is 437 g/mol. The van der Waals surface area contributed by atoms with E-state index in [0.29, 0.717) is 23.0 Å². The lowest BCUT2D eigenvalue weighted by Gasteiger charge is -2.62. The van der Waals surface area contributed by atoms with Gasteiger partial charge in [0.15, 0.2) is 0 Å². The molecular formula is C30H44O2. The molecule has 1 aromatic carbocycles. The normalized spacial score (nSPS) is 45.6. The van der Waals surface area contributed by atoms with E-state index < -0.39 is 5.60 Å². The molecule has 0 aromatic heterocycles. The quantitative estimate of drug-likeness (QED) is 0.540. The van der Waals surface area contributed by atoms with Gasteiger partial charge in [-0.15, -0.1) is 0 Å². The van der Waals surface area contributed by atoms with E-state index in [1.165, 1.54) is 44.1 Å². The largest absolute Gasteiger partial charge is 0.390 e. The first-order chi connectivity index (χ1) is 15.3. The maximum absolute atomic E-state index is 12.4. The van der Waals surface area contributed by atoms with Crippen LogP contribution in [0.4, 0.5) is 0 Å². The van der Waals surface area contributed by atoms with Gasteiger partial charge in [-0.05, 0) is 124 Å². The van der Waals surface area contributed by atoms with E-state index in [1.54, 1.807) is 0 Å². The lowest BCUT2D eigenvalue weighted by Crippen LogP contribution is -2.56. The predicted molar refractivity (Wildman–Crippen MR) is 130 cm³/mol. The van der Waals surface area contributed by atoms with E-state index in [2.05, 4.69) is 44.2 Å². The van der Waals surface area contributed by atoms with Gasteiger partial charge >= 0.3 is 0 Å². The summed E-state index contributed by atoms with van der Waals surface area (Å²) in [4.78, 5) is 12.4. The molecule has 0 bridgehead atoms. The zero-order chi connectivity index (χ0) is 22.6. The van der Waals surface area contributed by atoms with Crippen molar-refractivity contribution in [3.63, 3.8) is 0 Å². The molecule has 4 aliphatic rings. The molecular weight excluding hydrogens is 392 g/mol. The molecule has 0 unspecified atom stereocenters. The van der Waals surface area contributed by atoms with Crippen LogP contribution in [-0.4, -0.2) is 16.5 Å². The fourth-order valence-electron chi connectivity index (χ4n) is 9.48. The summed E-state index contributed by atoms with van der Waals surface area (Å²) in [5, 5.41) is 11.5. The van der Waals surface area contributed by atoms with Gasteiger partial charge < -0.3 is 5.11 Å². The van der Waals surface area contributed by atoms with Crippen molar-refractivity contribution in [3.05, 3.63) is 35.9 Å². The Bertz CT molecular complexity index is 832. The van der Waals surface area contributed by atoms with E-state index >= 15 is 0 Å². The maximum atomic E-state index is 12.4. The molecule has 0 heterocycles. The topological polar surface area (TPSA) is 37.3 Å². The summed E-state index contributed by atoms with van der Waals surface area (Å²) < 4.78 is 0. The zero-order valence-corrected chi connectivity index (χ0v) is 20.6. The SMILES string of the molecule is CC(=O)[C@H]1CC[C@H]2[C@@H]3CC[C@@H]4C[C@@](O)(CCCc5ccccc5)CC[C@]4(C)[C@H]3CC[C@]12C. The van der Waals surface area contributed by atoms with Gasteiger partial charge in [0.25, 0.3) is 0 Å². The van der Waals surface area contributed by atoms with Gasteiger partial charge in [-0.3, -0.25) is 4.79 Å². The molecule has 4 aliphatic carbocycles. The number of Topliss-reactive ketones (excluding diaryl/α,β-unsaturated/α-hetero) is 1. The Hall–Kier alpha value is -1.15. The number of rotatable bonds is 5. The molecule has 2 nitrogen and oxygen atoms in total. The molecule has 0 spiro atoms. The van der Waals surface area contributed by atoms with Gasteiger partial charge in [0, 0.05) is 5.92 Å². The predicted octanol–water partition coefficient (Wildman–Crippen LogP) is 6.99. The summed E-state index contributed by atoms with van der Waals surface area (Å²) >= 11 is 0. The van der Waals surface area contributed by atoms with Crippen LogP contribution < -0.4 is 0 Å². The minimum Gasteiger partial charge on any atom is -0.390 e. The maximum Gasteiger partial charge on any atom is 0.133 e. The van der Waals surface area contributed by atoms with Crippen LogP contribution in [0.1, 0.15) is 97.0 Å². The van der Waals surface area contributed by atoms with E-state index in [0.717, 1.165) is 56.3 Å². The molecule has 0 radical (unpaired) electrons. The molecule has 2 heteroatoms. The highest BCUT2D eigenvalue weighted by molar-refractivity contribution is 5.79. The third kappa shape index (κ3) is 3.69. The zero-order valence-electron chi connectivity index (χ0n) is 20.6. The molecule has 0 amide bonds. The van der Waals surface area contributed by atoms with Crippen molar-refractivity contribution in [2.24, 2.45) is 40.4 Å². The second-order valence-electron chi connectivity index (χ2n) is 12.7. The van der Waals surface area contributed by atoms with E-state index in [4.69, 9.17) is 0 Å². The van der Waals surface area contributed by atoms with Crippen LogP contribution in [0.2, 0.25) is 0 Å². The Kier molecular flexibility index (Phi) is 5.84. The fraction of sp³-hybridized carbons (Fsp3) is 0.767. The summed E-state index contributed by atoms with van der Waals surface area (Å²) in [7, 11) is 0. The highest BCUT2D eigenvalue weighted by Crippen LogP contribution is 2.68. The highest BCUT2D eigenvalue weighted by Gasteiger charge is 2.61. The summed E-state index contributed by atoms with van der Waals surface area (Å²) in [6.45, 7) is 6.87. The molecule has 4 fully saturated rings. The summed E-state index contributed by atoms with van der Waals surface area (Å²) in [6, 6.07) is 10.7. The van der Waals surface area contributed by atoms with Crippen LogP contribution >= 0.6 is 0 Å². The minimum atomic E-state index is -0.456. The Balaban J connectivity index is 1.25. The van der Waals surface area contributed by atoms with Crippen molar-refractivity contribution in [1.29, 1.82) is 0 Å². The number of ketones is 1. The number of benzene rings is 1. The van der Waals surface area contributed by atoms with Gasteiger partial charge in [-0.1, -0.05) is 44.2 Å². The van der Waals surface area contributed by atoms with Gasteiger partial charge in [-0.25, -0.2) is 0 Å². The molecule has 0 saturated heterocycles. The highest BCUT2D eigenvalue weighted by atomic mass is 16.3. The molecule has 0 aliphatic heterocycles. The van der Waals surface area contributed by atoms with E-state index in [-0.39, 0.29) is 5.41 Å². The summed E-state index contributed by atoms with van der Waals surface area (Å²) in [5.74, 6) is 3.78. The number of carbonyl (C=O) groups is 1. The van der Waals surface area contributed by atoms with Crippen LogP contribution in [0.15, 0.2) is 30.3 Å². The van der Waals surface area contributed by atoms with Crippen LogP contribution in [0.3, 0.4) is 0 Å². The molecule has 1 N–H and O–H groups in total. The fourth-order valence-corrected chi connectivity index (χ4v) is 9.48. The monoisotopic (exact) mass is 436 g/mol. The van der Waals surface area contributed by atoms with Crippen molar-refractivity contribution in [3.8, 4) is 0 Å². The van der Waals surface area contributed by atoms with Crippen molar-refractivity contribution in [2.75, 3.05) is 0 Å². The first-order valence-electron chi connectivity index (χ1n) is 13.5. The number of carbonyl (C=O) groups excluding carboxylic acids is 1. The first-order valence-corrected chi connectivity index (χ1v) is 13.5. The second kappa shape index (κ2) is 8.26. The molecule has 1 aromatic rings. The Morgan fingerprint density at radius 1 is 0.938 bits per heavy atom. The lowest BCUT2D eigenvalue weighted by molar-refractivity contribution is -0.155. The van der Waals surface area contributed by atoms with E-state index in [9.17, 15) is 9.90 Å². The minimum absolute atomic E-state index is 0.253. The number of hydrogen-bond acceptors (Lipinski definition) is 2. The summed E-state index contributed by atoms with van der Waals surface area (Å²) in [5.41, 5.74) is 1.58. The molecule has 8 atom stereocenters. The molecule has 32 heavy (non-hydrogen) atoms. The summed E-state index contributed by atoms with van der Waals surface area (Å²) in [6.07, 6.45) is 13.9. The second-order valence-corrected chi connectivity index (χ2v) is 12.7. The third-order valence-corrected chi connectivity index (χ3v) is 11.3.